The highest BCUT2D eigenvalue weighted by molar-refractivity contribution is 6.24. The lowest BCUT2D eigenvalue weighted by molar-refractivity contribution is -0.136. The third-order valence-corrected chi connectivity index (χ3v) is 8.05. The second-order valence-electron chi connectivity index (χ2n) is 10.5. The van der Waals surface area contributed by atoms with Gasteiger partial charge in [-0.05, 0) is 36.8 Å². The van der Waals surface area contributed by atoms with Crippen LogP contribution in [0.5, 0.6) is 0 Å². The summed E-state index contributed by atoms with van der Waals surface area (Å²) in [6.07, 6.45) is 0.0428. The molecule has 3 aliphatic heterocycles. The van der Waals surface area contributed by atoms with Crippen LogP contribution in [0.3, 0.4) is 0 Å². The van der Waals surface area contributed by atoms with Crippen molar-refractivity contribution >= 4 is 29.5 Å². The fourth-order valence-corrected chi connectivity index (χ4v) is 5.92. The number of carbonyl (C=O) groups is 5. The van der Waals surface area contributed by atoms with Crippen LogP contribution in [0.1, 0.15) is 61.1 Å². The summed E-state index contributed by atoms with van der Waals surface area (Å²) in [6, 6.07) is 14.9. The van der Waals surface area contributed by atoms with E-state index in [1.807, 2.05) is 4.90 Å². The molecule has 1 unspecified atom stereocenters. The van der Waals surface area contributed by atoms with Crippen molar-refractivity contribution in [2.45, 2.75) is 24.9 Å². The smallest absolute Gasteiger partial charge is 0.262 e. The normalized spacial score (nSPS) is 19.4. The number of imide groups is 2. The SMILES string of the molecule is O=C1CCC(N2C(=O)c3ccc(C(=O)N4CCN(C(c5ccccc5F)c5ccccc5F)CC4)cc3C2=O)C(=O)N1. The van der Waals surface area contributed by atoms with Crippen molar-refractivity contribution in [3.8, 4) is 0 Å². The average Bonchev–Trinajstić information content (AvgIpc) is 3.24. The predicted molar refractivity (Wildman–Crippen MR) is 145 cm³/mol. The van der Waals surface area contributed by atoms with Crippen LogP contribution in [0.2, 0.25) is 0 Å². The number of fused-ring (bicyclic) bond motifs is 1. The Morgan fingerprint density at radius 3 is 1.98 bits per heavy atom. The molecule has 3 aliphatic rings. The zero-order valence-electron chi connectivity index (χ0n) is 22.4. The van der Waals surface area contributed by atoms with Gasteiger partial charge < -0.3 is 4.90 Å². The summed E-state index contributed by atoms with van der Waals surface area (Å²) in [7, 11) is 0. The predicted octanol–water partition coefficient (Wildman–Crippen LogP) is 2.91. The van der Waals surface area contributed by atoms with Crippen LogP contribution in [0.25, 0.3) is 0 Å². The highest BCUT2D eigenvalue weighted by Gasteiger charge is 2.45. The molecule has 2 saturated heterocycles. The highest BCUT2D eigenvalue weighted by Crippen LogP contribution is 2.33. The minimum Gasteiger partial charge on any atom is -0.336 e. The largest absolute Gasteiger partial charge is 0.336 e. The van der Waals surface area contributed by atoms with E-state index in [9.17, 15) is 32.8 Å². The zero-order chi connectivity index (χ0) is 29.5. The number of halogens is 2. The molecule has 3 aromatic rings. The van der Waals surface area contributed by atoms with E-state index < -0.39 is 47.3 Å². The lowest BCUT2D eigenvalue weighted by Gasteiger charge is -2.40. The maximum atomic E-state index is 14.9. The topological polar surface area (TPSA) is 107 Å². The summed E-state index contributed by atoms with van der Waals surface area (Å²) in [6.45, 7) is 1.21. The van der Waals surface area contributed by atoms with Gasteiger partial charge in [0.15, 0.2) is 0 Å². The summed E-state index contributed by atoms with van der Waals surface area (Å²) in [5.41, 5.74) is 0.986. The average molecular weight is 573 g/mol. The van der Waals surface area contributed by atoms with Gasteiger partial charge in [-0.1, -0.05) is 36.4 Å². The molecule has 1 N–H and O–H groups in total. The van der Waals surface area contributed by atoms with Crippen LogP contribution >= 0.6 is 0 Å². The minimum atomic E-state index is -1.10. The monoisotopic (exact) mass is 572 g/mol. The molecule has 11 heteroatoms. The molecule has 9 nitrogen and oxygen atoms in total. The minimum absolute atomic E-state index is 0.00814. The first kappa shape index (κ1) is 27.4. The number of benzene rings is 3. The van der Waals surface area contributed by atoms with E-state index in [0.717, 1.165) is 4.90 Å². The molecule has 3 heterocycles. The van der Waals surface area contributed by atoms with Gasteiger partial charge in [0.05, 0.1) is 17.2 Å². The van der Waals surface area contributed by atoms with Gasteiger partial charge in [-0.2, -0.15) is 0 Å². The molecule has 2 fully saturated rings. The van der Waals surface area contributed by atoms with Crippen LogP contribution in [-0.2, 0) is 9.59 Å². The lowest BCUT2D eigenvalue weighted by Crippen LogP contribution is -2.54. The number of rotatable bonds is 5. The standard InChI is InChI=1S/C31H26F2N4O5/c32-23-7-3-1-5-20(23)27(21-6-2-4-8-24(21)33)35-13-15-36(16-14-35)29(40)18-9-10-19-22(17-18)31(42)37(30(19)41)25-11-12-26(38)34-28(25)39/h1-10,17,25,27H,11-16H2,(H,34,38,39). The molecule has 214 valence electrons. The van der Waals surface area contributed by atoms with Gasteiger partial charge in [0, 0.05) is 49.3 Å². The Morgan fingerprint density at radius 2 is 1.38 bits per heavy atom. The summed E-state index contributed by atoms with van der Waals surface area (Å²) < 4.78 is 29.8. The van der Waals surface area contributed by atoms with E-state index in [4.69, 9.17) is 0 Å². The number of amides is 5. The van der Waals surface area contributed by atoms with E-state index in [2.05, 4.69) is 5.32 Å². The molecule has 0 aromatic heterocycles. The first-order valence-corrected chi connectivity index (χ1v) is 13.6. The van der Waals surface area contributed by atoms with Crippen LogP contribution in [0.15, 0.2) is 66.7 Å². The van der Waals surface area contributed by atoms with Crippen molar-refractivity contribution in [3.63, 3.8) is 0 Å². The fraction of sp³-hybridized carbons (Fsp3) is 0.258. The lowest BCUT2D eigenvalue weighted by atomic mass is 9.95. The Hall–Kier alpha value is -4.77. The van der Waals surface area contributed by atoms with Gasteiger partial charge in [-0.25, -0.2) is 8.78 Å². The molecular weight excluding hydrogens is 546 g/mol. The number of hydrogen-bond donors (Lipinski definition) is 1. The van der Waals surface area contributed by atoms with Crippen LogP contribution in [0.4, 0.5) is 8.78 Å². The van der Waals surface area contributed by atoms with E-state index in [1.165, 1.54) is 30.3 Å². The second kappa shape index (κ2) is 10.9. The third-order valence-electron chi connectivity index (χ3n) is 8.05. The Balaban J connectivity index is 1.19. The molecule has 0 radical (unpaired) electrons. The highest BCUT2D eigenvalue weighted by atomic mass is 19.1. The number of nitrogens with one attached hydrogen (secondary N) is 1. The van der Waals surface area contributed by atoms with Crippen molar-refractivity contribution in [2.24, 2.45) is 0 Å². The van der Waals surface area contributed by atoms with Crippen LogP contribution in [-0.4, -0.2) is 76.5 Å². The van der Waals surface area contributed by atoms with Crippen molar-refractivity contribution in [2.75, 3.05) is 26.2 Å². The molecule has 42 heavy (non-hydrogen) atoms. The van der Waals surface area contributed by atoms with Gasteiger partial charge in [0.1, 0.15) is 17.7 Å². The maximum absolute atomic E-state index is 14.9. The van der Waals surface area contributed by atoms with Crippen LogP contribution < -0.4 is 5.32 Å². The third kappa shape index (κ3) is 4.75. The molecular formula is C31H26F2N4O5. The quantitative estimate of drug-likeness (QED) is 0.472. The number of hydrogen-bond acceptors (Lipinski definition) is 6. The zero-order valence-corrected chi connectivity index (χ0v) is 22.4. The fourth-order valence-electron chi connectivity index (χ4n) is 5.92. The van der Waals surface area contributed by atoms with E-state index in [-0.39, 0.29) is 48.5 Å². The van der Waals surface area contributed by atoms with Gasteiger partial charge in [-0.15, -0.1) is 0 Å². The summed E-state index contributed by atoms with van der Waals surface area (Å²) in [5, 5.41) is 2.15. The number of piperidine rings is 1. The van der Waals surface area contributed by atoms with Crippen molar-refractivity contribution in [1.82, 2.24) is 20.0 Å². The Kier molecular flexibility index (Phi) is 7.11. The van der Waals surface area contributed by atoms with E-state index in [0.29, 0.717) is 24.2 Å². The summed E-state index contributed by atoms with van der Waals surface area (Å²) in [4.78, 5) is 67.8. The van der Waals surface area contributed by atoms with E-state index >= 15 is 0 Å². The van der Waals surface area contributed by atoms with Gasteiger partial charge in [0.2, 0.25) is 11.8 Å². The Bertz CT molecular complexity index is 1590. The first-order valence-electron chi connectivity index (χ1n) is 13.6. The van der Waals surface area contributed by atoms with Crippen molar-refractivity contribution < 1.29 is 32.8 Å². The maximum Gasteiger partial charge on any atom is 0.262 e. The number of nitrogens with zero attached hydrogens (tertiary/aromatic N) is 3. The molecule has 3 aromatic carbocycles. The summed E-state index contributed by atoms with van der Waals surface area (Å²) >= 11 is 0. The molecule has 0 bridgehead atoms. The molecule has 0 saturated carbocycles. The number of piperazine rings is 1. The Labute approximate surface area is 239 Å². The summed E-state index contributed by atoms with van der Waals surface area (Å²) in [5.74, 6) is -3.77. The van der Waals surface area contributed by atoms with Gasteiger partial charge >= 0.3 is 0 Å². The van der Waals surface area contributed by atoms with E-state index in [1.54, 1.807) is 41.3 Å². The van der Waals surface area contributed by atoms with Crippen LogP contribution in [0, 0.1) is 11.6 Å². The Morgan fingerprint density at radius 1 is 0.786 bits per heavy atom. The molecule has 6 rings (SSSR count). The van der Waals surface area contributed by atoms with Gasteiger partial charge in [0.25, 0.3) is 17.7 Å². The molecule has 0 spiro atoms. The van der Waals surface area contributed by atoms with Crippen molar-refractivity contribution in [1.29, 1.82) is 0 Å². The molecule has 5 amide bonds. The van der Waals surface area contributed by atoms with Gasteiger partial charge in [-0.3, -0.25) is 39.1 Å². The molecule has 1 atom stereocenters. The number of carbonyl (C=O) groups excluding carboxylic acids is 5. The first-order chi connectivity index (χ1) is 20.2. The second-order valence-corrected chi connectivity index (χ2v) is 10.5. The molecule has 0 aliphatic carbocycles. The van der Waals surface area contributed by atoms with Crippen molar-refractivity contribution in [3.05, 3.63) is 106 Å².